The number of hydrogen-bond acceptors (Lipinski definition) is 4. The monoisotopic (exact) mass is 473 g/mol. The van der Waals surface area contributed by atoms with Gasteiger partial charge in [-0.05, 0) is 43.2 Å². The Labute approximate surface area is 197 Å². The van der Waals surface area contributed by atoms with Crippen LogP contribution in [0.1, 0.15) is 44.7 Å². The summed E-state index contributed by atoms with van der Waals surface area (Å²) < 4.78 is 7.32. The number of halogens is 2. The van der Waals surface area contributed by atoms with Crippen molar-refractivity contribution in [2.45, 2.75) is 39.2 Å². The second kappa shape index (κ2) is 9.51. The van der Waals surface area contributed by atoms with E-state index in [0.29, 0.717) is 28.1 Å². The lowest BCUT2D eigenvalue weighted by molar-refractivity contribution is -0.153. The lowest BCUT2D eigenvalue weighted by Gasteiger charge is -2.38. The fourth-order valence-corrected chi connectivity index (χ4v) is 4.58. The number of imidazole rings is 1. The molecule has 0 spiro atoms. The zero-order valence-electron chi connectivity index (χ0n) is 18.1. The number of aromatic nitrogens is 2. The summed E-state index contributed by atoms with van der Waals surface area (Å²) in [6.07, 6.45) is 2.81. The van der Waals surface area contributed by atoms with Gasteiger partial charge in [0.05, 0.1) is 33.7 Å². The van der Waals surface area contributed by atoms with Crippen molar-refractivity contribution in [1.82, 2.24) is 9.55 Å². The number of esters is 1. The average molecular weight is 474 g/mol. The van der Waals surface area contributed by atoms with E-state index in [1.54, 1.807) is 30.0 Å². The molecule has 1 amide bonds. The zero-order valence-corrected chi connectivity index (χ0v) is 19.6. The van der Waals surface area contributed by atoms with E-state index in [0.717, 1.165) is 30.3 Å². The van der Waals surface area contributed by atoms with E-state index in [1.165, 1.54) is 0 Å². The van der Waals surface area contributed by atoms with Gasteiger partial charge in [0.15, 0.2) is 5.92 Å². The van der Waals surface area contributed by atoms with Crippen LogP contribution in [0.25, 0.3) is 11.0 Å². The van der Waals surface area contributed by atoms with Gasteiger partial charge in [-0.25, -0.2) is 4.98 Å². The highest BCUT2D eigenvalue weighted by molar-refractivity contribution is 6.42. The van der Waals surface area contributed by atoms with Crippen molar-refractivity contribution in [2.75, 3.05) is 18.1 Å². The minimum atomic E-state index is -1.06. The molecule has 4 rings (SSSR count). The van der Waals surface area contributed by atoms with Gasteiger partial charge >= 0.3 is 5.97 Å². The largest absolute Gasteiger partial charge is 0.465 e. The highest BCUT2D eigenvalue weighted by atomic mass is 35.5. The number of carbonyl (C=O) groups is 2. The van der Waals surface area contributed by atoms with Gasteiger partial charge in [0.1, 0.15) is 0 Å². The van der Waals surface area contributed by atoms with Crippen molar-refractivity contribution in [2.24, 2.45) is 5.92 Å². The zero-order chi connectivity index (χ0) is 22.8. The molecule has 1 aliphatic heterocycles. The van der Waals surface area contributed by atoms with E-state index in [9.17, 15) is 9.59 Å². The first-order valence-electron chi connectivity index (χ1n) is 10.9. The molecular weight excluding hydrogens is 449 g/mol. The van der Waals surface area contributed by atoms with Gasteiger partial charge in [0.2, 0.25) is 11.9 Å². The third-order valence-corrected chi connectivity index (χ3v) is 6.49. The molecule has 3 aromatic rings. The summed E-state index contributed by atoms with van der Waals surface area (Å²) in [4.78, 5) is 33.3. The van der Waals surface area contributed by atoms with Gasteiger partial charge in [0, 0.05) is 6.54 Å². The first-order valence-corrected chi connectivity index (χ1v) is 11.6. The van der Waals surface area contributed by atoms with Crippen molar-refractivity contribution in [1.29, 1.82) is 0 Å². The fourth-order valence-electron chi connectivity index (χ4n) is 4.28. The molecule has 0 radical (unpaired) electrons. The molecule has 0 unspecified atom stereocenters. The topological polar surface area (TPSA) is 64.4 Å². The highest BCUT2D eigenvalue weighted by Crippen LogP contribution is 2.42. The second-order valence-electron chi connectivity index (χ2n) is 7.82. The first-order chi connectivity index (χ1) is 15.5. The van der Waals surface area contributed by atoms with Crippen molar-refractivity contribution in [3.05, 3.63) is 58.1 Å². The molecule has 1 aromatic heterocycles. The number of para-hydroxylation sites is 2. The number of fused-ring (bicyclic) bond motifs is 3. The molecule has 6 nitrogen and oxygen atoms in total. The molecule has 0 saturated carbocycles. The summed E-state index contributed by atoms with van der Waals surface area (Å²) in [5.74, 6) is -1.39. The van der Waals surface area contributed by atoms with Crippen molar-refractivity contribution in [3.63, 3.8) is 0 Å². The summed E-state index contributed by atoms with van der Waals surface area (Å²) >= 11 is 12.5. The van der Waals surface area contributed by atoms with Crippen LogP contribution in [0, 0.1) is 5.92 Å². The van der Waals surface area contributed by atoms with E-state index >= 15 is 0 Å². The Hall–Kier alpha value is -2.57. The lowest BCUT2D eigenvalue weighted by atomic mass is 9.89. The SMILES string of the molecule is CCCCCN1C(=O)[C@@H](C(=O)OCC)[C@H](c2ccc(Cl)c(Cl)c2)n2c1nc1ccccc12. The molecule has 2 atom stereocenters. The van der Waals surface area contributed by atoms with Crippen LogP contribution < -0.4 is 4.90 Å². The van der Waals surface area contributed by atoms with Crippen LogP contribution in [0.5, 0.6) is 0 Å². The molecule has 8 heteroatoms. The third kappa shape index (κ3) is 3.97. The average Bonchev–Trinajstić information content (AvgIpc) is 3.16. The minimum Gasteiger partial charge on any atom is -0.465 e. The van der Waals surface area contributed by atoms with Crippen LogP contribution in [0.4, 0.5) is 5.95 Å². The fraction of sp³-hybridized carbons (Fsp3) is 0.375. The maximum Gasteiger partial charge on any atom is 0.321 e. The van der Waals surface area contributed by atoms with Gasteiger partial charge in [-0.3, -0.25) is 14.5 Å². The molecule has 0 bridgehead atoms. The summed E-state index contributed by atoms with van der Waals surface area (Å²) in [5.41, 5.74) is 2.29. The summed E-state index contributed by atoms with van der Waals surface area (Å²) in [5, 5.41) is 0.762. The summed E-state index contributed by atoms with van der Waals surface area (Å²) in [6.45, 7) is 4.51. The predicted octanol–water partition coefficient (Wildman–Crippen LogP) is 5.65. The van der Waals surface area contributed by atoms with Gasteiger partial charge in [-0.1, -0.05) is 61.2 Å². The number of amides is 1. The number of anilines is 1. The third-order valence-electron chi connectivity index (χ3n) is 5.76. The van der Waals surface area contributed by atoms with Crippen LogP contribution in [0.15, 0.2) is 42.5 Å². The molecule has 32 heavy (non-hydrogen) atoms. The number of unbranched alkanes of at least 4 members (excludes halogenated alkanes) is 2. The molecular formula is C24H25Cl2N3O3. The number of carbonyl (C=O) groups excluding carboxylic acids is 2. The molecule has 2 aromatic carbocycles. The highest BCUT2D eigenvalue weighted by Gasteiger charge is 2.47. The number of ether oxygens (including phenoxy) is 1. The number of nitrogens with zero attached hydrogens (tertiary/aromatic N) is 3. The van der Waals surface area contributed by atoms with Crippen LogP contribution in [-0.2, 0) is 14.3 Å². The molecule has 0 aliphatic carbocycles. The van der Waals surface area contributed by atoms with E-state index in [4.69, 9.17) is 32.9 Å². The van der Waals surface area contributed by atoms with Crippen LogP contribution in [-0.4, -0.2) is 34.6 Å². The molecule has 0 fully saturated rings. The van der Waals surface area contributed by atoms with E-state index in [1.807, 2.05) is 28.8 Å². The summed E-state index contributed by atoms with van der Waals surface area (Å²) in [6, 6.07) is 12.2. The number of rotatable bonds is 7. The normalized spacial score (nSPS) is 18.1. The minimum absolute atomic E-state index is 0.185. The lowest BCUT2D eigenvalue weighted by Crippen LogP contribution is -2.50. The first kappa shape index (κ1) is 22.6. The Balaban J connectivity index is 1.95. The smallest absolute Gasteiger partial charge is 0.321 e. The van der Waals surface area contributed by atoms with E-state index in [-0.39, 0.29) is 12.5 Å². The van der Waals surface area contributed by atoms with Gasteiger partial charge in [-0.2, -0.15) is 0 Å². The summed E-state index contributed by atoms with van der Waals surface area (Å²) in [7, 11) is 0. The number of benzene rings is 2. The Morgan fingerprint density at radius 2 is 1.88 bits per heavy atom. The number of hydrogen-bond donors (Lipinski definition) is 0. The second-order valence-corrected chi connectivity index (χ2v) is 8.63. The maximum absolute atomic E-state index is 13.7. The molecule has 0 saturated heterocycles. The Morgan fingerprint density at radius 3 is 2.59 bits per heavy atom. The molecule has 168 valence electrons. The van der Waals surface area contributed by atoms with E-state index in [2.05, 4.69) is 6.92 Å². The molecule has 2 heterocycles. The van der Waals surface area contributed by atoms with Gasteiger partial charge in [-0.15, -0.1) is 0 Å². The maximum atomic E-state index is 13.7. The van der Waals surface area contributed by atoms with E-state index < -0.39 is 17.9 Å². The Bertz CT molecular complexity index is 1160. The standard InChI is InChI=1S/C24H25Cl2N3O3/c1-3-5-8-13-28-22(30)20(23(31)32-4-2)21(15-11-12-16(25)17(26)14-15)29-19-10-7-6-9-18(19)27-24(28)29/h6-7,9-12,14,20-21H,3-5,8,13H2,1-2H3/t20-,21-/m0/s1. The van der Waals surface area contributed by atoms with Gasteiger partial charge in [0.25, 0.3) is 0 Å². The van der Waals surface area contributed by atoms with Crippen molar-refractivity contribution >= 4 is 52.1 Å². The quantitative estimate of drug-likeness (QED) is 0.252. The Kier molecular flexibility index (Phi) is 6.72. The van der Waals surface area contributed by atoms with Gasteiger partial charge < -0.3 is 9.30 Å². The van der Waals surface area contributed by atoms with Crippen molar-refractivity contribution < 1.29 is 14.3 Å². The molecule has 0 N–H and O–H groups in total. The predicted molar refractivity (Wildman–Crippen MR) is 126 cm³/mol. The molecule has 1 aliphatic rings. The van der Waals surface area contributed by atoms with Crippen molar-refractivity contribution in [3.8, 4) is 0 Å². The van der Waals surface area contributed by atoms with Crippen LogP contribution >= 0.6 is 23.2 Å². The van der Waals surface area contributed by atoms with Crippen LogP contribution in [0.3, 0.4) is 0 Å². The van der Waals surface area contributed by atoms with Crippen LogP contribution in [0.2, 0.25) is 10.0 Å². The Morgan fingerprint density at radius 1 is 1.09 bits per heavy atom.